The molecular formula is C33H30Br2N4O4. The van der Waals surface area contributed by atoms with Gasteiger partial charge in [-0.3, -0.25) is 9.59 Å². The topological polar surface area (TPSA) is 101 Å². The van der Waals surface area contributed by atoms with Crippen molar-refractivity contribution in [2.75, 3.05) is 0 Å². The first-order chi connectivity index (χ1) is 21.0. The predicted octanol–water partition coefficient (Wildman–Crippen LogP) is 7.14. The molecule has 0 unspecified atom stereocenters. The molecule has 220 valence electrons. The van der Waals surface area contributed by atoms with Crippen LogP contribution in [0.1, 0.15) is 41.5 Å². The number of benzene rings is 4. The second-order valence-electron chi connectivity index (χ2n) is 9.35. The van der Waals surface area contributed by atoms with Crippen molar-refractivity contribution in [3.05, 3.63) is 128 Å². The predicted molar refractivity (Wildman–Crippen MR) is 175 cm³/mol. The third-order valence-electron chi connectivity index (χ3n) is 6.01. The lowest BCUT2D eigenvalue weighted by Crippen LogP contribution is -2.20. The van der Waals surface area contributed by atoms with Gasteiger partial charge in [-0.2, -0.15) is 10.2 Å². The van der Waals surface area contributed by atoms with E-state index >= 15 is 0 Å². The minimum Gasteiger partial charge on any atom is -0.488 e. The molecule has 0 spiro atoms. The quantitative estimate of drug-likeness (QED) is 0.108. The van der Waals surface area contributed by atoms with Gasteiger partial charge in [0.25, 0.3) is 0 Å². The van der Waals surface area contributed by atoms with Gasteiger partial charge in [-0.25, -0.2) is 10.9 Å². The molecule has 0 fully saturated rings. The summed E-state index contributed by atoms with van der Waals surface area (Å²) in [5, 5.41) is 8.13. The van der Waals surface area contributed by atoms with Gasteiger partial charge in [-0.05, 0) is 53.9 Å². The number of nitrogens with zero attached hydrogens (tertiary/aromatic N) is 2. The van der Waals surface area contributed by atoms with Gasteiger partial charge in [-0.15, -0.1) is 0 Å². The molecule has 0 radical (unpaired) electrons. The Balaban J connectivity index is 1.19. The molecule has 0 heterocycles. The molecule has 0 bridgehead atoms. The Bertz CT molecular complexity index is 1450. The highest BCUT2D eigenvalue weighted by Crippen LogP contribution is 2.24. The van der Waals surface area contributed by atoms with Gasteiger partial charge in [0.15, 0.2) is 0 Å². The van der Waals surface area contributed by atoms with Gasteiger partial charge in [0, 0.05) is 32.9 Å². The first-order valence-electron chi connectivity index (χ1n) is 13.5. The summed E-state index contributed by atoms with van der Waals surface area (Å²) in [5.74, 6) is 0.673. The van der Waals surface area contributed by atoms with Crippen LogP contribution in [0.15, 0.2) is 116 Å². The van der Waals surface area contributed by atoms with Crippen LogP contribution in [-0.2, 0) is 22.8 Å². The zero-order valence-corrected chi connectivity index (χ0v) is 26.4. The lowest BCUT2D eigenvalue weighted by atomic mass is 10.2. The second kappa shape index (κ2) is 17.0. The van der Waals surface area contributed by atoms with Crippen molar-refractivity contribution in [3.63, 3.8) is 0 Å². The van der Waals surface area contributed by atoms with Gasteiger partial charge in [-0.1, -0.05) is 92.5 Å². The molecule has 0 aromatic heterocycles. The first kappa shape index (κ1) is 31.7. The lowest BCUT2D eigenvalue weighted by Gasteiger charge is -2.10. The highest BCUT2D eigenvalue weighted by atomic mass is 79.9. The summed E-state index contributed by atoms with van der Waals surface area (Å²) in [6, 6.07) is 30.8. The van der Waals surface area contributed by atoms with Crippen LogP contribution < -0.4 is 20.3 Å². The van der Waals surface area contributed by atoms with Gasteiger partial charge in [0.1, 0.15) is 24.7 Å². The number of hydrogen-bond acceptors (Lipinski definition) is 6. The maximum absolute atomic E-state index is 12.3. The molecule has 10 heteroatoms. The maximum atomic E-state index is 12.3. The molecule has 8 nitrogen and oxygen atoms in total. The SMILES string of the molecule is O=C(CCCC(=O)N/N=C\c1cc(Br)ccc1OCc1ccccc1)N/N=C\c1cc(Br)ccc1OCc1ccccc1. The van der Waals surface area contributed by atoms with Crippen molar-refractivity contribution >= 4 is 56.1 Å². The van der Waals surface area contributed by atoms with Crippen LogP contribution >= 0.6 is 31.9 Å². The number of nitrogens with one attached hydrogen (secondary N) is 2. The molecule has 43 heavy (non-hydrogen) atoms. The third-order valence-corrected chi connectivity index (χ3v) is 7.00. The summed E-state index contributed by atoms with van der Waals surface area (Å²) in [7, 11) is 0. The van der Waals surface area contributed by atoms with Gasteiger partial charge in [0.05, 0.1) is 12.4 Å². The summed E-state index contributed by atoms with van der Waals surface area (Å²) in [5.41, 5.74) is 8.52. The monoisotopic (exact) mass is 704 g/mol. The average molecular weight is 706 g/mol. The van der Waals surface area contributed by atoms with Crippen molar-refractivity contribution in [1.82, 2.24) is 10.9 Å². The highest BCUT2D eigenvalue weighted by molar-refractivity contribution is 9.10. The fourth-order valence-corrected chi connectivity index (χ4v) is 4.60. The Kier molecular flexibility index (Phi) is 12.5. The summed E-state index contributed by atoms with van der Waals surface area (Å²) in [6.45, 7) is 0.821. The second-order valence-corrected chi connectivity index (χ2v) is 11.2. The molecule has 0 aliphatic heterocycles. The third kappa shape index (κ3) is 11.1. The fourth-order valence-electron chi connectivity index (χ4n) is 3.84. The van der Waals surface area contributed by atoms with Crippen molar-refractivity contribution in [1.29, 1.82) is 0 Å². The van der Waals surface area contributed by atoms with E-state index in [2.05, 4.69) is 52.9 Å². The Morgan fingerprint density at radius 2 is 1.05 bits per heavy atom. The molecule has 0 aliphatic carbocycles. The zero-order valence-electron chi connectivity index (χ0n) is 23.2. The number of hydrogen-bond donors (Lipinski definition) is 2. The van der Waals surface area contributed by atoms with Crippen molar-refractivity contribution < 1.29 is 19.1 Å². The van der Waals surface area contributed by atoms with Crippen LogP contribution in [0.2, 0.25) is 0 Å². The Morgan fingerprint density at radius 1 is 0.628 bits per heavy atom. The lowest BCUT2D eigenvalue weighted by molar-refractivity contribution is -0.122. The van der Waals surface area contributed by atoms with Gasteiger partial charge in [0.2, 0.25) is 11.8 Å². The fraction of sp³-hybridized carbons (Fsp3) is 0.152. The van der Waals surface area contributed by atoms with Crippen LogP contribution in [0.5, 0.6) is 11.5 Å². The van der Waals surface area contributed by atoms with E-state index < -0.39 is 0 Å². The molecular weight excluding hydrogens is 676 g/mol. The number of carbonyl (C=O) groups is 2. The number of carbonyl (C=O) groups excluding carboxylic acids is 2. The van der Waals surface area contributed by atoms with Crippen LogP contribution in [-0.4, -0.2) is 24.2 Å². The molecule has 4 rings (SSSR count). The minimum atomic E-state index is -0.302. The first-order valence-corrected chi connectivity index (χ1v) is 15.1. The minimum absolute atomic E-state index is 0.132. The standard InChI is InChI=1S/C33H30Br2N4O4/c34-28-14-16-30(42-22-24-8-3-1-4-9-24)26(18-28)20-36-38-32(40)12-7-13-33(41)39-37-21-27-19-29(35)15-17-31(27)43-23-25-10-5-2-6-11-25/h1-6,8-11,14-21H,7,12-13,22-23H2,(H,38,40)(H,39,41)/b36-20-,37-21-. The van der Waals surface area contributed by atoms with Crippen LogP contribution in [0, 0.1) is 0 Å². The average Bonchev–Trinajstić information content (AvgIpc) is 3.01. The summed E-state index contributed by atoms with van der Waals surface area (Å²) < 4.78 is 13.6. The smallest absolute Gasteiger partial charge is 0.240 e. The molecule has 2 amide bonds. The summed E-state index contributed by atoms with van der Waals surface area (Å²) in [4.78, 5) is 24.5. The largest absolute Gasteiger partial charge is 0.488 e. The van der Waals surface area contributed by atoms with Crippen molar-refractivity contribution in [2.45, 2.75) is 32.5 Å². The van der Waals surface area contributed by atoms with E-state index in [1.54, 1.807) is 0 Å². The Morgan fingerprint density at radius 3 is 1.47 bits per heavy atom. The normalized spacial score (nSPS) is 11.0. The van der Waals surface area contributed by atoms with Crippen LogP contribution in [0.25, 0.3) is 0 Å². The Labute approximate surface area is 267 Å². The van der Waals surface area contributed by atoms with Gasteiger partial charge < -0.3 is 9.47 Å². The number of ether oxygens (including phenoxy) is 2. The van der Waals surface area contributed by atoms with Gasteiger partial charge >= 0.3 is 0 Å². The molecule has 0 atom stereocenters. The van der Waals surface area contributed by atoms with E-state index in [0.717, 1.165) is 20.1 Å². The molecule has 0 saturated heterocycles. The number of rotatable bonds is 14. The molecule has 4 aromatic carbocycles. The number of hydrazone groups is 2. The molecule has 0 aliphatic rings. The van der Waals surface area contributed by atoms with E-state index in [4.69, 9.17) is 9.47 Å². The molecule has 4 aromatic rings. The van der Waals surface area contributed by atoms with Crippen molar-refractivity contribution in [2.24, 2.45) is 10.2 Å². The van der Waals surface area contributed by atoms with E-state index in [1.807, 2.05) is 97.1 Å². The van der Waals surface area contributed by atoms with Crippen LogP contribution in [0.3, 0.4) is 0 Å². The Hall–Kier alpha value is -4.28. The summed E-state index contributed by atoms with van der Waals surface area (Å²) >= 11 is 6.91. The maximum Gasteiger partial charge on any atom is 0.240 e. The van der Waals surface area contributed by atoms with E-state index in [9.17, 15) is 9.59 Å². The summed E-state index contributed by atoms with van der Waals surface area (Å²) in [6.07, 6.45) is 3.67. The van der Waals surface area contributed by atoms with E-state index in [1.165, 1.54) is 12.4 Å². The van der Waals surface area contributed by atoms with Crippen LogP contribution in [0.4, 0.5) is 0 Å². The molecule has 2 N–H and O–H groups in total. The highest BCUT2D eigenvalue weighted by Gasteiger charge is 2.07. The molecule has 0 saturated carbocycles. The zero-order chi connectivity index (χ0) is 30.3. The van der Waals surface area contributed by atoms with E-state index in [0.29, 0.717) is 42.3 Å². The van der Waals surface area contributed by atoms with Crippen molar-refractivity contribution in [3.8, 4) is 11.5 Å². The van der Waals surface area contributed by atoms with E-state index in [-0.39, 0.29) is 24.7 Å². The number of amides is 2. The number of halogens is 2.